The summed E-state index contributed by atoms with van der Waals surface area (Å²) in [7, 11) is 0. The summed E-state index contributed by atoms with van der Waals surface area (Å²) in [5.74, 6) is -1.31. The lowest BCUT2D eigenvalue weighted by Crippen LogP contribution is -2.31. The number of aliphatic imine (C=N–C) groups is 1. The van der Waals surface area contributed by atoms with Crippen LogP contribution in [0.15, 0.2) is 16.1 Å². The Morgan fingerprint density at radius 2 is 2.44 bits per heavy atom. The zero-order chi connectivity index (χ0) is 11.5. The van der Waals surface area contributed by atoms with E-state index in [0.29, 0.717) is 0 Å². The Bertz CT molecular complexity index is 391. The molecular formula is C9H11N3O3S. The molecule has 2 aliphatic rings. The van der Waals surface area contributed by atoms with Crippen LogP contribution in [-0.4, -0.2) is 46.7 Å². The van der Waals surface area contributed by atoms with Crippen LogP contribution in [-0.2, 0) is 9.59 Å². The predicted octanol–water partition coefficient (Wildman–Crippen LogP) is -0.163. The van der Waals surface area contributed by atoms with E-state index in [-0.39, 0.29) is 18.9 Å². The highest BCUT2D eigenvalue weighted by Gasteiger charge is 2.27. The molecule has 6 nitrogen and oxygen atoms in total. The minimum Gasteiger partial charge on any atom is -0.480 e. The lowest BCUT2D eigenvalue weighted by molar-refractivity contribution is -0.137. The summed E-state index contributed by atoms with van der Waals surface area (Å²) >= 11 is 1.51. The third-order valence-electron chi connectivity index (χ3n) is 2.23. The SMILES string of the molecule is O=C(O)CNC(=O)CC1=CSC2=NCCN12. The average Bonchev–Trinajstić information content (AvgIpc) is 2.80. The van der Waals surface area contributed by atoms with Gasteiger partial charge in [-0.05, 0) is 5.41 Å². The molecule has 2 N–H and O–H groups in total. The van der Waals surface area contributed by atoms with Crippen molar-refractivity contribution in [2.24, 2.45) is 4.99 Å². The number of carboxylic acids is 1. The topological polar surface area (TPSA) is 82.0 Å². The number of carbonyl (C=O) groups is 2. The number of nitrogens with one attached hydrogen (secondary N) is 1. The van der Waals surface area contributed by atoms with Crippen LogP contribution in [0.25, 0.3) is 0 Å². The first-order chi connectivity index (χ1) is 7.66. The highest BCUT2D eigenvalue weighted by atomic mass is 32.2. The third kappa shape index (κ3) is 2.35. The molecule has 0 fully saturated rings. The Hall–Kier alpha value is -1.50. The summed E-state index contributed by atoms with van der Waals surface area (Å²) in [6.45, 7) is 1.23. The van der Waals surface area contributed by atoms with Gasteiger partial charge in [0, 0.05) is 12.2 Å². The molecule has 2 rings (SSSR count). The van der Waals surface area contributed by atoms with Crippen molar-refractivity contribution < 1.29 is 14.7 Å². The average molecular weight is 241 g/mol. The summed E-state index contributed by atoms with van der Waals surface area (Å²) in [5.41, 5.74) is 0.893. The normalized spacial score (nSPS) is 17.9. The quantitative estimate of drug-likeness (QED) is 0.714. The van der Waals surface area contributed by atoms with Crippen molar-refractivity contribution in [2.45, 2.75) is 6.42 Å². The Kier molecular flexibility index (Phi) is 3.14. The number of nitrogens with zero attached hydrogens (tertiary/aromatic N) is 2. The van der Waals surface area contributed by atoms with Gasteiger partial charge in [-0.3, -0.25) is 14.6 Å². The number of rotatable bonds is 4. The minimum absolute atomic E-state index is 0.208. The molecule has 0 unspecified atom stereocenters. The number of carbonyl (C=O) groups excluding carboxylic acids is 1. The number of fused-ring (bicyclic) bond motifs is 1. The first-order valence-corrected chi connectivity index (χ1v) is 5.71. The number of amidine groups is 1. The molecule has 1 amide bonds. The lowest BCUT2D eigenvalue weighted by Gasteiger charge is -2.15. The molecule has 16 heavy (non-hydrogen) atoms. The van der Waals surface area contributed by atoms with Crippen LogP contribution in [0.4, 0.5) is 0 Å². The molecule has 86 valence electrons. The Morgan fingerprint density at radius 1 is 1.62 bits per heavy atom. The Balaban J connectivity index is 1.84. The molecule has 0 saturated carbocycles. The van der Waals surface area contributed by atoms with Gasteiger partial charge in [0.2, 0.25) is 5.91 Å². The number of aliphatic carboxylic acids is 1. The number of thioether (sulfide) groups is 1. The van der Waals surface area contributed by atoms with Crippen molar-refractivity contribution in [1.29, 1.82) is 0 Å². The van der Waals surface area contributed by atoms with Crippen LogP contribution in [0, 0.1) is 0 Å². The second-order valence-electron chi connectivity index (χ2n) is 3.39. The highest BCUT2D eigenvalue weighted by Crippen LogP contribution is 2.30. The fraction of sp³-hybridized carbons (Fsp3) is 0.444. The summed E-state index contributed by atoms with van der Waals surface area (Å²) in [6.07, 6.45) is 0.208. The van der Waals surface area contributed by atoms with E-state index in [4.69, 9.17) is 5.11 Å². The maximum absolute atomic E-state index is 11.4. The van der Waals surface area contributed by atoms with Crippen LogP contribution in [0.3, 0.4) is 0 Å². The molecule has 0 spiro atoms. The molecule has 0 atom stereocenters. The largest absolute Gasteiger partial charge is 0.480 e. The molecule has 7 heteroatoms. The molecule has 0 aliphatic carbocycles. The molecule has 0 saturated heterocycles. The molecule has 0 radical (unpaired) electrons. The van der Waals surface area contributed by atoms with Crippen LogP contribution in [0.2, 0.25) is 0 Å². The van der Waals surface area contributed by atoms with E-state index in [0.717, 1.165) is 24.0 Å². The molecule has 2 heterocycles. The van der Waals surface area contributed by atoms with Gasteiger partial charge >= 0.3 is 5.97 Å². The van der Waals surface area contributed by atoms with E-state index in [1.54, 1.807) is 0 Å². The van der Waals surface area contributed by atoms with Gasteiger partial charge in [-0.1, -0.05) is 11.8 Å². The van der Waals surface area contributed by atoms with Crippen LogP contribution in [0.1, 0.15) is 6.42 Å². The first-order valence-electron chi connectivity index (χ1n) is 4.83. The van der Waals surface area contributed by atoms with Crippen molar-refractivity contribution in [2.75, 3.05) is 19.6 Å². The van der Waals surface area contributed by atoms with Crippen molar-refractivity contribution >= 4 is 28.8 Å². The van der Waals surface area contributed by atoms with Crippen molar-refractivity contribution in [3.8, 4) is 0 Å². The maximum atomic E-state index is 11.4. The molecule has 0 aromatic heterocycles. The van der Waals surface area contributed by atoms with Gasteiger partial charge in [0.25, 0.3) is 0 Å². The highest BCUT2D eigenvalue weighted by molar-refractivity contribution is 8.16. The summed E-state index contributed by atoms with van der Waals surface area (Å²) in [6, 6.07) is 0. The molecule has 0 bridgehead atoms. The summed E-state index contributed by atoms with van der Waals surface area (Å²) in [4.78, 5) is 27.9. The molecule has 2 aliphatic heterocycles. The second-order valence-corrected chi connectivity index (χ2v) is 4.23. The zero-order valence-electron chi connectivity index (χ0n) is 8.47. The minimum atomic E-state index is -1.04. The fourth-order valence-electron chi connectivity index (χ4n) is 1.52. The third-order valence-corrected chi connectivity index (χ3v) is 3.18. The van der Waals surface area contributed by atoms with Gasteiger partial charge in [-0.15, -0.1) is 0 Å². The molecular weight excluding hydrogens is 230 g/mol. The lowest BCUT2D eigenvalue weighted by atomic mass is 10.3. The smallest absolute Gasteiger partial charge is 0.322 e. The van der Waals surface area contributed by atoms with E-state index in [1.807, 2.05) is 10.3 Å². The fourth-order valence-corrected chi connectivity index (χ4v) is 2.47. The van der Waals surface area contributed by atoms with Gasteiger partial charge in [0.1, 0.15) is 6.54 Å². The van der Waals surface area contributed by atoms with Crippen LogP contribution in [0.5, 0.6) is 0 Å². The number of hydrogen-bond donors (Lipinski definition) is 2. The number of amides is 1. The van der Waals surface area contributed by atoms with Gasteiger partial charge in [0.05, 0.1) is 13.0 Å². The molecule has 0 aromatic rings. The van der Waals surface area contributed by atoms with E-state index in [1.165, 1.54) is 11.8 Å². The van der Waals surface area contributed by atoms with Gasteiger partial charge in [-0.25, -0.2) is 0 Å². The maximum Gasteiger partial charge on any atom is 0.322 e. The zero-order valence-corrected chi connectivity index (χ0v) is 9.29. The second kappa shape index (κ2) is 4.56. The van der Waals surface area contributed by atoms with Gasteiger partial charge < -0.3 is 15.3 Å². The van der Waals surface area contributed by atoms with Crippen molar-refractivity contribution in [3.05, 3.63) is 11.1 Å². The van der Waals surface area contributed by atoms with Gasteiger partial charge in [-0.2, -0.15) is 0 Å². The standard InChI is InChI=1S/C9H11N3O3S/c13-7(11-4-8(14)15)3-6-5-16-9-10-1-2-12(6)9/h5H,1-4H2,(H,11,13)(H,14,15). The first kappa shape index (κ1) is 11.0. The van der Waals surface area contributed by atoms with E-state index >= 15 is 0 Å². The molecule has 0 aromatic carbocycles. The number of hydrogen-bond acceptors (Lipinski definition) is 5. The van der Waals surface area contributed by atoms with Crippen molar-refractivity contribution in [3.63, 3.8) is 0 Å². The van der Waals surface area contributed by atoms with E-state index in [2.05, 4.69) is 10.3 Å². The van der Waals surface area contributed by atoms with Gasteiger partial charge in [0.15, 0.2) is 5.17 Å². The predicted molar refractivity (Wildman–Crippen MR) is 59.9 cm³/mol. The van der Waals surface area contributed by atoms with Crippen LogP contribution < -0.4 is 5.32 Å². The van der Waals surface area contributed by atoms with Crippen molar-refractivity contribution in [1.82, 2.24) is 10.2 Å². The van der Waals surface area contributed by atoms with E-state index in [9.17, 15) is 9.59 Å². The number of carboxylic acid groups (broad SMARTS) is 1. The monoisotopic (exact) mass is 241 g/mol. The van der Waals surface area contributed by atoms with Crippen LogP contribution >= 0.6 is 11.8 Å². The Labute approximate surface area is 96.4 Å². The summed E-state index contributed by atoms with van der Waals surface area (Å²) in [5, 5.41) is 13.6. The van der Waals surface area contributed by atoms with E-state index < -0.39 is 5.97 Å². The Morgan fingerprint density at radius 3 is 3.19 bits per heavy atom. The summed E-state index contributed by atoms with van der Waals surface area (Å²) < 4.78 is 0.